The Morgan fingerprint density at radius 3 is 2.45 bits per heavy atom. The smallest absolute Gasteiger partial charge is 0.242 e. The van der Waals surface area contributed by atoms with Gasteiger partial charge in [-0.25, -0.2) is 8.42 Å². The van der Waals surface area contributed by atoms with E-state index in [0.29, 0.717) is 0 Å². The van der Waals surface area contributed by atoms with Gasteiger partial charge in [0.25, 0.3) is 0 Å². The highest BCUT2D eigenvalue weighted by molar-refractivity contribution is 7.94. The fourth-order valence-electron chi connectivity index (χ4n) is 0.391. The summed E-state index contributed by atoms with van der Waals surface area (Å²) in [6, 6.07) is 0. The Labute approximate surface area is 65.3 Å². The predicted molar refractivity (Wildman–Crippen MR) is 42.3 cm³/mol. The van der Waals surface area contributed by atoms with Crippen LogP contribution < -0.4 is 5.73 Å². The van der Waals surface area contributed by atoms with Crippen LogP contribution in [-0.4, -0.2) is 20.1 Å². The zero-order valence-electron chi connectivity index (χ0n) is 5.86. The first-order valence-electron chi connectivity index (χ1n) is 2.79. The number of carbonyl (C=O) groups is 1. The second-order valence-corrected chi connectivity index (χ2v) is 3.75. The normalized spacial score (nSPS) is 11.6. The van der Waals surface area contributed by atoms with E-state index in [4.69, 9.17) is 0 Å². The second kappa shape index (κ2) is 3.92. The molecule has 0 aromatic rings. The number of rotatable bonds is 4. The quantitative estimate of drug-likeness (QED) is 0.466. The van der Waals surface area contributed by atoms with Gasteiger partial charge in [0.05, 0.1) is 5.75 Å². The highest BCUT2D eigenvalue weighted by atomic mass is 32.2. The van der Waals surface area contributed by atoms with Crippen LogP contribution in [0.5, 0.6) is 0 Å². The van der Waals surface area contributed by atoms with Gasteiger partial charge in [-0.2, -0.15) is 0 Å². The van der Waals surface area contributed by atoms with Crippen molar-refractivity contribution in [2.45, 2.75) is 0 Å². The van der Waals surface area contributed by atoms with Crippen LogP contribution in [0.1, 0.15) is 0 Å². The third kappa shape index (κ3) is 5.35. The van der Waals surface area contributed by atoms with Gasteiger partial charge in [0.2, 0.25) is 5.91 Å². The lowest BCUT2D eigenvalue weighted by Gasteiger charge is -1.89. The van der Waals surface area contributed by atoms with Crippen LogP contribution in [0.25, 0.3) is 0 Å². The molecule has 0 aliphatic carbocycles. The molecule has 11 heavy (non-hydrogen) atoms. The lowest BCUT2D eigenvalue weighted by atomic mass is 10.6. The number of hydrogen-bond acceptors (Lipinski definition) is 3. The van der Waals surface area contributed by atoms with Gasteiger partial charge in [0.15, 0.2) is 9.84 Å². The molecule has 0 aromatic carbocycles. The van der Waals surface area contributed by atoms with Crippen LogP contribution in [0.3, 0.4) is 0 Å². The topological polar surface area (TPSA) is 77.2 Å². The van der Waals surface area contributed by atoms with Crippen LogP contribution in [0.4, 0.5) is 0 Å². The molecule has 0 unspecified atom stereocenters. The van der Waals surface area contributed by atoms with Crippen LogP contribution in [0.2, 0.25) is 0 Å². The maximum absolute atomic E-state index is 10.8. The van der Waals surface area contributed by atoms with Crippen molar-refractivity contribution >= 4 is 15.7 Å². The van der Waals surface area contributed by atoms with E-state index in [1.54, 1.807) is 0 Å². The summed E-state index contributed by atoms with van der Waals surface area (Å²) >= 11 is 0. The summed E-state index contributed by atoms with van der Waals surface area (Å²) in [5.74, 6) is -0.964. The Kier molecular flexibility index (Phi) is 3.53. The van der Waals surface area contributed by atoms with Crippen molar-refractivity contribution in [1.29, 1.82) is 0 Å². The average Bonchev–Trinajstić information content (AvgIpc) is 1.84. The Balaban J connectivity index is 4.36. The minimum atomic E-state index is -3.33. The Bertz CT molecular complexity index is 276. The van der Waals surface area contributed by atoms with Gasteiger partial charge < -0.3 is 5.73 Å². The fraction of sp³-hybridized carbons (Fsp3) is 0.167. The van der Waals surface area contributed by atoms with Crippen molar-refractivity contribution in [3.8, 4) is 0 Å². The summed E-state index contributed by atoms with van der Waals surface area (Å²) in [4.78, 5) is 10.1. The Morgan fingerprint density at radius 2 is 2.09 bits per heavy atom. The number of sulfone groups is 1. The van der Waals surface area contributed by atoms with Crippen molar-refractivity contribution in [1.82, 2.24) is 0 Å². The first-order chi connectivity index (χ1) is 4.98. The maximum atomic E-state index is 10.8. The summed E-state index contributed by atoms with van der Waals surface area (Å²) in [7, 11) is -3.33. The van der Waals surface area contributed by atoms with Crippen molar-refractivity contribution < 1.29 is 13.2 Å². The highest BCUT2D eigenvalue weighted by Crippen LogP contribution is 1.91. The molecule has 62 valence electrons. The molecule has 0 aromatic heterocycles. The summed E-state index contributed by atoms with van der Waals surface area (Å²) in [6.07, 6.45) is 2.04. The van der Waals surface area contributed by atoms with E-state index in [2.05, 4.69) is 12.3 Å². The molecule has 0 bridgehead atoms. The molecule has 0 aliphatic heterocycles. The molecular weight excluding hydrogens is 166 g/mol. The molecule has 0 rings (SSSR count). The van der Waals surface area contributed by atoms with Crippen LogP contribution in [0, 0.1) is 0 Å². The molecule has 0 saturated carbocycles. The van der Waals surface area contributed by atoms with Crippen LogP contribution in [-0.2, 0) is 14.6 Å². The SMILES string of the molecule is C=CCS(=O)(=O)/C=C/C(N)=O. The minimum absolute atomic E-state index is 0.184. The van der Waals surface area contributed by atoms with E-state index in [9.17, 15) is 13.2 Å². The van der Waals surface area contributed by atoms with Gasteiger partial charge in [-0.05, 0) is 0 Å². The number of amides is 1. The molecule has 0 fully saturated rings. The first kappa shape index (κ1) is 9.90. The molecule has 0 heterocycles. The molecule has 1 amide bonds. The summed E-state index contributed by atoms with van der Waals surface area (Å²) < 4.78 is 21.5. The second-order valence-electron chi connectivity index (χ2n) is 1.82. The van der Waals surface area contributed by atoms with Gasteiger partial charge in [-0.15, -0.1) is 6.58 Å². The summed E-state index contributed by atoms with van der Waals surface area (Å²) in [6.45, 7) is 3.24. The fourth-order valence-corrected chi connectivity index (χ4v) is 1.17. The molecule has 4 nitrogen and oxygen atoms in total. The number of hydrogen-bond donors (Lipinski definition) is 1. The Hall–Kier alpha value is -1.10. The van der Waals surface area contributed by atoms with Crippen molar-refractivity contribution in [3.05, 3.63) is 24.1 Å². The summed E-state index contributed by atoms with van der Waals surface area (Å²) in [5, 5.41) is 0.775. The van der Waals surface area contributed by atoms with Crippen molar-refractivity contribution in [2.75, 3.05) is 5.75 Å². The Morgan fingerprint density at radius 1 is 1.55 bits per heavy atom. The van der Waals surface area contributed by atoms with Crippen LogP contribution in [0.15, 0.2) is 24.1 Å². The number of carbonyl (C=O) groups excluding carboxylic acids is 1. The monoisotopic (exact) mass is 175 g/mol. The molecule has 5 heteroatoms. The lowest BCUT2D eigenvalue weighted by molar-refractivity contribution is -0.113. The molecular formula is C6H9NO3S. The lowest BCUT2D eigenvalue weighted by Crippen LogP contribution is -2.07. The minimum Gasteiger partial charge on any atom is -0.366 e. The number of primary amides is 1. The van der Waals surface area contributed by atoms with E-state index in [0.717, 1.165) is 11.5 Å². The van der Waals surface area contributed by atoms with Gasteiger partial charge >= 0.3 is 0 Å². The van der Waals surface area contributed by atoms with E-state index in [1.165, 1.54) is 6.08 Å². The van der Waals surface area contributed by atoms with E-state index in [1.807, 2.05) is 0 Å². The van der Waals surface area contributed by atoms with Crippen molar-refractivity contribution in [3.63, 3.8) is 0 Å². The molecule has 2 N–H and O–H groups in total. The van der Waals surface area contributed by atoms with E-state index in [-0.39, 0.29) is 5.75 Å². The molecule has 0 radical (unpaired) electrons. The van der Waals surface area contributed by atoms with Crippen molar-refractivity contribution in [2.24, 2.45) is 5.73 Å². The van der Waals surface area contributed by atoms with E-state index < -0.39 is 15.7 Å². The molecule has 0 saturated heterocycles. The van der Waals surface area contributed by atoms with Gasteiger partial charge in [-0.3, -0.25) is 4.79 Å². The largest absolute Gasteiger partial charge is 0.366 e. The van der Waals surface area contributed by atoms with Gasteiger partial charge in [0.1, 0.15) is 0 Å². The molecule has 0 aliphatic rings. The average molecular weight is 175 g/mol. The third-order valence-corrected chi connectivity index (χ3v) is 2.04. The van der Waals surface area contributed by atoms with Gasteiger partial charge in [0, 0.05) is 11.5 Å². The molecule has 0 atom stereocenters. The third-order valence-electron chi connectivity index (χ3n) is 0.790. The highest BCUT2D eigenvalue weighted by Gasteiger charge is 2.01. The summed E-state index contributed by atoms with van der Waals surface area (Å²) in [5.41, 5.74) is 4.68. The van der Waals surface area contributed by atoms with Gasteiger partial charge in [-0.1, -0.05) is 6.08 Å². The maximum Gasteiger partial charge on any atom is 0.242 e. The molecule has 0 spiro atoms. The zero-order chi connectivity index (χ0) is 8.91. The van der Waals surface area contributed by atoms with Crippen LogP contribution >= 0.6 is 0 Å². The zero-order valence-corrected chi connectivity index (χ0v) is 6.67. The van der Waals surface area contributed by atoms with E-state index >= 15 is 0 Å². The standard InChI is InChI=1S/C6H9NO3S/c1-2-4-11(9,10)5-3-6(7)8/h2-3,5H,1,4H2,(H2,7,8)/b5-3+. The first-order valence-corrected chi connectivity index (χ1v) is 4.50. The number of nitrogens with two attached hydrogens (primary N) is 1. The predicted octanol–water partition coefficient (Wildman–Crippen LogP) is -0.414.